The van der Waals surface area contributed by atoms with Crippen LogP contribution in [0.15, 0.2) is 86.2 Å². The first-order valence-electron chi connectivity index (χ1n) is 15.4. The molecule has 2 heterocycles. The zero-order valence-corrected chi connectivity index (χ0v) is 29.9. The molecule has 0 aliphatic carbocycles. The number of benzene rings is 3. The van der Waals surface area contributed by atoms with E-state index < -0.39 is 28.5 Å². The number of nitro benzene ring substituents is 1. The molecule has 0 radical (unpaired) electrons. The summed E-state index contributed by atoms with van der Waals surface area (Å²) in [7, 11) is 1.25. The Hall–Kier alpha value is -5.28. The van der Waals surface area contributed by atoms with Gasteiger partial charge in [-0.3, -0.25) is 19.5 Å². The number of hydrogen-bond donors (Lipinski definition) is 0. The van der Waals surface area contributed by atoms with Crippen LogP contribution in [0.1, 0.15) is 43.5 Å². The van der Waals surface area contributed by atoms with Crippen molar-refractivity contribution in [2.75, 3.05) is 26.9 Å². The van der Waals surface area contributed by atoms with Gasteiger partial charge in [0.1, 0.15) is 6.61 Å². The summed E-state index contributed by atoms with van der Waals surface area (Å²) in [5.74, 6) is -0.645. The van der Waals surface area contributed by atoms with E-state index >= 15 is 0 Å². The average Bonchev–Trinajstić information content (AvgIpc) is 3.40. The highest BCUT2D eigenvalue weighted by atomic mass is 79.9. The Morgan fingerprint density at radius 1 is 1.04 bits per heavy atom. The zero-order valence-electron chi connectivity index (χ0n) is 27.5. The molecular formula is C35H32BrN3O10S. The number of thiazole rings is 1. The van der Waals surface area contributed by atoms with Crippen LogP contribution in [0.2, 0.25) is 0 Å². The van der Waals surface area contributed by atoms with Crippen LogP contribution < -0.4 is 29.1 Å². The second-order valence-electron chi connectivity index (χ2n) is 10.7. The third kappa shape index (κ3) is 7.79. The largest absolute Gasteiger partial charge is 0.490 e. The van der Waals surface area contributed by atoms with Crippen LogP contribution in [0.4, 0.5) is 5.69 Å². The van der Waals surface area contributed by atoms with E-state index in [1.807, 2.05) is 30.3 Å². The lowest BCUT2D eigenvalue weighted by Gasteiger charge is -2.25. The van der Waals surface area contributed by atoms with Crippen LogP contribution in [0.5, 0.6) is 17.2 Å². The average molecular weight is 767 g/mol. The molecule has 0 amide bonds. The maximum absolute atomic E-state index is 14.2. The Bertz CT molecular complexity index is 2160. The van der Waals surface area contributed by atoms with Crippen molar-refractivity contribution in [3.05, 3.63) is 123 Å². The van der Waals surface area contributed by atoms with Crippen LogP contribution >= 0.6 is 27.3 Å². The fourth-order valence-corrected chi connectivity index (χ4v) is 6.86. The number of hydrogen-bond acceptors (Lipinski definition) is 12. The van der Waals surface area contributed by atoms with E-state index in [1.165, 1.54) is 23.8 Å². The van der Waals surface area contributed by atoms with Gasteiger partial charge in [0.05, 0.1) is 51.6 Å². The summed E-state index contributed by atoms with van der Waals surface area (Å²) >= 11 is 4.48. The lowest BCUT2D eigenvalue weighted by atomic mass is 9.95. The number of nitrogens with zero attached hydrogens (tertiary/aromatic N) is 3. The molecule has 1 aromatic heterocycles. The zero-order chi connectivity index (χ0) is 35.9. The van der Waals surface area contributed by atoms with Gasteiger partial charge >= 0.3 is 17.6 Å². The fourth-order valence-electron chi connectivity index (χ4n) is 5.23. The van der Waals surface area contributed by atoms with Gasteiger partial charge in [0, 0.05) is 6.07 Å². The van der Waals surface area contributed by atoms with Gasteiger partial charge in [0.15, 0.2) is 22.9 Å². The molecule has 0 bridgehead atoms. The van der Waals surface area contributed by atoms with Gasteiger partial charge in [-0.1, -0.05) is 47.7 Å². The van der Waals surface area contributed by atoms with E-state index in [4.69, 9.17) is 18.9 Å². The van der Waals surface area contributed by atoms with Crippen molar-refractivity contribution >= 4 is 51.0 Å². The highest BCUT2D eigenvalue weighted by molar-refractivity contribution is 9.10. The van der Waals surface area contributed by atoms with Crippen molar-refractivity contribution in [3.63, 3.8) is 0 Å². The Kier molecular flexibility index (Phi) is 11.5. The molecule has 5 rings (SSSR count). The third-order valence-corrected chi connectivity index (χ3v) is 9.01. The predicted molar refractivity (Wildman–Crippen MR) is 187 cm³/mol. The number of carbonyl (C=O) groups is 2. The molecule has 0 fully saturated rings. The van der Waals surface area contributed by atoms with Crippen molar-refractivity contribution in [3.8, 4) is 17.2 Å². The topological polar surface area (TPSA) is 158 Å². The third-order valence-electron chi connectivity index (χ3n) is 7.44. The van der Waals surface area contributed by atoms with Crippen molar-refractivity contribution in [2.45, 2.75) is 33.4 Å². The molecule has 1 aliphatic rings. The summed E-state index contributed by atoms with van der Waals surface area (Å²) < 4.78 is 29.2. The summed E-state index contributed by atoms with van der Waals surface area (Å²) in [5, 5.41) is 12.1. The van der Waals surface area contributed by atoms with Crippen LogP contribution in [-0.2, 0) is 25.7 Å². The molecule has 13 nitrogen and oxygen atoms in total. The SMILES string of the molecule is CCOC(=O)C1=C(C)N=c2s/c(=C/c3cc(Br)c(OCc4ccccc4)c([N+](=O)[O-])c3)c(=O)n2[C@@H]1c1ccc(OCC(=O)OC)c(OCC)c1. The Morgan fingerprint density at radius 2 is 1.80 bits per heavy atom. The highest BCUT2D eigenvalue weighted by Crippen LogP contribution is 2.38. The molecule has 0 saturated carbocycles. The second-order valence-corrected chi connectivity index (χ2v) is 12.6. The first-order valence-corrected chi connectivity index (χ1v) is 17.0. The number of methoxy groups -OCH3 is 1. The lowest BCUT2D eigenvalue weighted by molar-refractivity contribution is -0.386. The van der Waals surface area contributed by atoms with Gasteiger partial charge in [0.2, 0.25) is 5.75 Å². The summed E-state index contributed by atoms with van der Waals surface area (Å²) in [4.78, 5) is 55.7. The van der Waals surface area contributed by atoms with Gasteiger partial charge in [-0.05, 0) is 77.7 Å². The minimum Gasteiger partial charge on any atom is -0.490 e. The van der Waals surface area contributed by atoms with Crippen LogP contribution in [0, 0.1) is 10.1 Å². The fraction of sp³-hybridized carbons (Fsp3) is 0.257. The molecular weight excluding hydrogens is 734 g/mol. The first kappa shape index (κ1) is 36.0. The van der Waals surface area contributed by atoms with E-state index in [0.29, 0.717) is 26.1 Å². The monoisotopic (exact) mass is 765 g/mol. The number of nitro groups is 1. The van der Waals surface area contributed by atoms with Gasteiger partial charge in [-0.25, -0.2) is 14.6 Å². The summed E-state index contributed by atoms with van der Waals surface area (Å²) in [5.41, 5.74) is 1.42. The minimum absolute atomic E-state index is 0.0521. The summed E-state index contributed by atoms with van der Waals surface area (Å²) in [6.07, 6.45) is 1.53. The quantitative estimate of drug-likeness (QED) is 0.103. The molecule has 260 valence electrons. The molecule has 50 heavy (non-hydrogen) atoms. The van der Waals surface area contributed by atoms with Gasteiger partial charge in [-0.15, -0.1) is 0 Å². The molecule has 0 saturated heterocycles. The van der Waals surface area contributed by atoms with Gasteiger partial charge in [-0.2, -0.15) is 0 Å². The number of allylic oxidation sites excluding steroid dienone is 1. The molecule has 4 aromatic rings. The van der Waals surface area contributed by atoms with E-state index in [-0.39, 0.29) is 59.5 Å². The van der Waals surface area contributed by atoms with Crippen LogP contribution in [0.25, 0.3) is 6.08 Å². The number of halogens is 1. The number of fused-ring (bicyclic) bond motifs is 1. The van der Waals surface area contributed by atoms with E-state index in [2.05, 4.69) is 25.7 Å². The standard InChI is InChI=1S/C35H32BrN3O10S/c1-5-46-27-17-23(12-13-26(27)48-19-29(40)45-4)31-30(34(42)47-6-2)20(3)37-35-38(31)33(41)28(50-35)16-22-14-24(36)32(25(15-22)39(43)44)49-18-21-10-8-7-9-11-21/h7-17,31H,5-6,18-19H2,1-4H3/b28-16+/t31-/m1/s1. The Balaban J connectivity index is 1.61. The van der Waals surface area contributed by atoms with E-state index in [0.717, 1.165) is 16.9 Å². The number of aromatic nitrogens is 1. The molecule has 0 N–H and O–H groups in total. The van der Waals surface area contributed by atoms with E-state index in [1.54, 1.807) is 45.0 Å². The molecule has 1 atom stereocenters. The second kappa shape index (κ2) is 16.0. The van der Waals surface area contributed by atoms with Gasteiger partial charge < -0.3 is 23.7 Å². The van der Waals surface area contributed by atoms with Gasteiger partial charge in [0.25, 0.3) is 5.56 Å². The Labute approximate surface area is 298 Å². The first-order chi connectivity index (χ1) is 24.1. The van der Waals surface area contributed by atoms with Crippen LogP contribution in [0.3, 0.4) is 0 Å². The number of ether oxygens (including phenoxy) is 5. The highest BCUT2D eigenvalue weighted by Gasteiger charge is 2.34. The van der Waals surface area contributed by atoms with E-state index in [9.17, 15) is 24.5 Å². The summed E-state index contributed by atoms with van der Waals surface area (Å²) in [6, 6.07) is 16.1. The molecule has 15 heteroatoms. The molecule has 3 aromatic carbocycles. The number of carbonyl (C=O) groups excluding carboxylic acids is 2. The minimum atomic E-state index is -0.976. The van der Waals surface area contributed by atoms with Crippen LogP contribution in [-0.4, -0.2) is 48.4 Å². The molecule has 0 unspecified atom stereocenters. The van der Waals surface area contributed by atoms with Crippen molar-refractivity contribution in [1.82, 2.24) is 4.57 Å². The maximum atomic E-state index is 14.2. The number of esters is 2. The smallest absolute Gasteiger partial charge is 0.343 e. The van der Waals surface area contributed by atoms with Crippen molar-refractivity contribution in [1.29, 1.82) is 0 Å². The summed E-state index contributed by atoms with van der Waals surface area (Å²) in [6.45, 7) is 5.22. The molecule has 0 spiro atoms. The normalized spacial score (nSPS) is 14.0. The maximum Gasteiger partial charge on any atom is 0.343 e. The Morgan fingerprint density at radius 3 is 2.48 bits per heavy atom. The predicted octanol–water partition coefficient (Wildman–Crippen LogP) is 5.00. The lowest BCUT2D eigenvalue weighted by Crippen LogP contribution is -2.40. The molecule has 1 aliphatic heterocycles. The van der Waals surface area contributed by atoms with Crippen molar-refractivity contribution < 1.29 is 38.2 Å². The number of rotatable bonds is 13. The van der Waals surface area contributed by atoms with Crippen molar-refractivity contribution in [2.24, 2.45) is 4.99 Å².